The van der Waals surface area contributed by atoms with E-state index in [2.05, 4.69) is 15.5 Å². The second-order valence-corrected chi connectivity index (χ2v) is 9.42. The summed E-state index contributed by atoms with van der Waals surface area (Å²) >= 11 is 0. The summed E-state index contributed by atoms with van der Waals surface area (Å²) in [5, 5.41) is 18.2. The number of nitrogens with zero attached hydrogens (tertiary/aromatic N) is 3. The first-order valence-electron chi connectivity index (χ1n) is 9.71. The number of carbonyl (C=O) groups excluding carboxylic acids is 1. The van der Waals surface area contributed by atoms with Gasteiger partial charge in [0, 0.05) is 22.9 Å². The van der Waals surface area contributed by atoms with E-state index in [1.807, 2.05) is 6.07 Å². The van der Waals surface area contributed by atoms with Crippen LogP contribution in [0.15, 0.2) is 47.4 Å². The van der Waals surface area contributed by atoms with Crippen LogP contribution in [0.1, 0.15) is 27.2 Å². The number of amides is 1. The van der Waals surface area contributed by atoms with Crippen LogP contribution in [0.4, 0.5) is 18.9 Å². The first-order chi connectivity index (χ1) is 16.3. The highest BCUT2D eigenvalue weighted by Gasteiger charge is 2.38. The average Bonchev–Trinajstić information content (AvgIpc) is 2.78. The quantitative estimate of drug-likeness (QED) is 0.492. The predicted molar refractivity (Wildman–Crippen MR) is 119 cm³/mol. The van der Waals surface area contributed by atoms with Crippen LogP contribution < -0.4 is 14.8 Å². The zero-order valence-corrected chi connectivity index (χ0v) is 19.4. The van der Waals surface area contributed by atoms with Gasteiger partial charge >= 0.3 is 6.18 Å². The Morgan fingerprint density at radius 3 is 2.49 bits per heavy atom. The van der Waals surface area contributed by atoms with Gasteiger partial charge in [0.25, 0.3) is 11.8 Å². The third kappa shape index (κ3) is 5.67. The van der Waals surface area contributed by atoms with Crippen molar-refractivity contribution in [2.45, 2.75) is 18.0 Å². The summed E-state index contributed by atoms with van der Waals surface area (Å²) in [6.07, 6.45) is -3.70. The number of halogens is 3. The Morgan fingerprint density at radius 1 is 1.17 bits per heavy atom. The van der Waals surface area contributed by atoms with Gasteiger partial charge in [-0.05, 0) is 42.8 Å². The third-order valence-corrected chi connectivity index (χ3v) is 5.87. The summed E-state index contributed by atoms with van der Waals surface area (Å²) in [7, 11) is -1.81. The number of rotatable bonds is 6. The third-order valence-electron chi connectivity index (χ3n) is 4.72. The second kappa shape index (κ2) is 9.59. The number of nitriles is 1. The molecule has 0 radical (unpaired) electrons. The number of anilines is 1. The topological polar surface area (TPSA) is 138 Å². The lowest BCUT2D eigenvalue weighted by Crippen LogP contribution is -2.21. The number of benzene rings is 2. The summed E-state index contributed by atoms with van der Waals surface area (Å²) in [6.45, 7) is 1.05. The van der Waals surface area contributed by atoms with Gasteiger partial charge in [-0.25, -0.2) is 8.99 Å². The van der Waals surface area contributed by atoms with Crippen molar-refractivity contribution in [3.05, 3.63) is 64.8 Å². The van der Waals surface area contributed by atoms with Gasteiger partial charge in [0.2, 0.25) is 0 Å². The van der Waals surface area contributed by atoms with Crippen LogP contribution in [-0.2, 0) is 15.9 Å². The van der Waals surface area contributed by atoms with Gasteiger partial charge in [0.05, 0.1) is 28.5 Å². The molecule has 2 aromatic carbocycles. The molecule has 1 unspecified atom stereocenters. The van der Waals surface area contributed by atoms with Gasteiger partial charge in [-0.3, -0.25) is 4.79 Å². The minimum absolute atomic E-state index is 0.0177. The lowest BCUT2D eigenvalue weighted by Gasteiger charge is -2.17. The van der Waals surface area contributed by atoms with Crippen molar-refractivity contribution < 1.29 is 31.6 Å². The van der Waals surface area contributed by atoms with Crippen molar-refractivity contribution in [2.75, 3.05) is 18.7 Å². The van der Waals surface area contributed by atoms with E-state index in [0.717, 1.165) is 6.92 Å². The van der Waals surface area contributed by atoms with Crippen LogP contribution in [-0.4, -0.2) is 33.7 Å². The Bertz CT molecular complexity index is 1450. The molecule has 3 aromatic rings. The largest absolute Gasteiger partial charge is 0.493 e. The summed E-state index contributed by atoms with van der Waals surface area (Å²) in [4.78, 5) is 13.2. The molecule has 1 amide bonds. The first kappa shape index (κ1) is 25.4. The fourth-order valence-electron chi connectivity index (χ4n) is 3.04. The molecule has 0 bridgehead atoms. The van der Waals surface area contributed by atoms with Crippen LogP contribution in [0.2, 0.25) is 0 Å². The molecule has 182 valence electrons. The number of hydrogen-bond acceptors (Lipinski definition) is 8. The Morgan fingerprint density at radius 2 is 1.89 bits per heavy atom. The van der Waals surface area contributed by atoms with E-state index >= 15 is 0 Å². The van der Waals surface area contributed by atoms with Crippen LogP contribution in [0.25, 0.3) is 0 Å². The van der Waals surface area contributed by atoms with E-state index in [9.17, 15) is 22.2 Å². The molecular formula is C22H18F3N5O4S. The van der Waals surface area contributed by atoms with E-state index < -0.39 is 44.5 Å². The maximum atomic E-state index is 13.5. The van der Waals surface area contributed by atoms with Gasteiger partial charge in [0.15, 0.2) is 17.2 Å². The van der Waals surface area contributed by atoms with E-state index in [1.54, 1.807) is 0 Å². The lowest BCUT2D eigenvalue weighted by atomic mass is 10.1. The zero-order valence-electron chi connectivity index (χ0n) is 18.6. The zero-order chi connectivity index (χ0) is 26.0. The van der Waals surface area contributed by atoms with Gasteiger partial charge in [-0.15, -0.1) is 10.2 Å². The Hall–Kier alpha value is -4.18. The molecule has 0 saturated carbocycles. The maximum Gasteiger partial charge on any atom is 0.435 e. The van der Waals surface area contributed by atoms with Gasteiger partial charge in [-0.1, -0.05) is 6.07 Å². The van der Waals surface area contributed by atoms with E-state index in [1.165, 1.54) is 55.8 Å². The highest BCUT2D eigenvalue weighted by molar-refractivity contribution is 7.91. The molecule has 35 heavy (non-hydrogen) atoms. The van der Waals surface area contributed by atoms with E-state index in [4.69, 9.17) is 19.5 Å². The summed E-state index contributed by atoms with van der Waals surface area (Å²) < 4.78 is 70.9. The molecule has 0 spiro atoms. The lowest BCUT2D eigenvalue weighted by molar-refractivity contribution is -0.142. The van der Waals surface area contributed by atoms with Gasteiger partial charge in [-0.2, -0.15) is 18.4 Å². The number of nitrogens with one attached hydrogen (secondary N) is 2. The van der Waals surface area contributed by atoms with Gasteiger partial charge < -0.3 is 14.8 Å². The molecule has 1 atom stereocenters. The minimum atomic E-state index is -4.89. The molecule has 0 aliphatic carbocycles. The molecule has 0 aliphatic rings. The normalized spacial score (nSPS) is 12.8. The maximum absolute atomic E-state index is 13.5. The van der Waals surface area contributed by atoms with E-state index in [0.29, 0.717) is 0 Å². The smallest absolute Gasteiger partial charge is 0.435 e. The number of alkyl halides is 3. The molecular weight excluding hydrogens is 487 g/mol. The first-order valence-corrected chi connectivity index (χ1v) is 11.7. The molecule has 1 aromatic heterocycles. The summed E-state index contributed by atoms with van der Waals surface area (Å²) in [5.41, 5.74) is -2.13. The van der Waals surface area contributed by atoms with Crippen molar-refractivity contribution in [2.24, 2.45) is 0 Å². The molecule has 0 aliphatic heterocycles. The van der Waals surface area contributed by atoms with Crippen LogP contribution in [0.3, 0.4) is 0 Å². The van der Waals surface area contributed by atoms with Crippen molar-refractivity contribution in [1.29, 1.82) is 10.0 Å². The Balaban J connectivity index is 2.10. The molecule has 9 nitrogen and oxygen atoms in total. The molecule has 0 fully saturated rings. The highest BCUT2D eigenvalue weighted by atomic mass is 32.2. The Labute approximate surface area is 198 Å². The van der Waals surface area contributed by atoms with Crippen LogP contribution in [0.5, 0.6) is 17.4 Å². The average molecular weight is 505 g/mol. The van der Waals surface area contributed by atoms with Crippen LogP contribution >= 0.6 is 0 Å². The molecule has 0 saturated heterocycles. The SMILES string of the molecule is COc1cc(C#N)ccc1Oc1nnc(C(F)(F)F)c(C)c1C(=O)Nc1cccc(S(C)(=N)=O)c1. The number of ether oxygens (including phenoxy) is 2. The number of hydrogen-bond donors (Lipinski definition) is 2. The fraction of sp³-hybridized carbons (Fsp3) is 0.182. The number of carbonyl (C=O) groups is 1. The Kier molecular flexibility index (Phi) is 6.97. The van der Waals surface area contributed by atoms with Crippen molar-refractivity contribution in [1.82, 2.24) is 10.2 Å². The van der Waals surface area contributed by atoms with Crippen molar-refractivity contribution in [3.8, 4) is 23.4 Å². The summed E-state index contributed by atoms with van der Waals surface area (Å²) in [6, 6.07) is 11.6. The van der Waals surface area contributed by atoms with Crippen molar-refractivity contribution in [3.63, 3.8) is 0 Å². The number of methoxy groups -OCH3 is 1. The predicted octanol–water partition coefficient (Wildman–Crippen LogP) is 4.76. The fourth-order valence-corrected chi connectivity index (χ4v) is 3.73. The highest BCUT2D eigenvalue weighted by Crippen LogP contribution is 2.37. The summed E-state index contributed by atoms with van der Waals surface area (Å²) in [5.74, 6) is -1.48. The number of aromatic nitrogens is 2. The second-order valence-electron chi connectivity index (χ2n) is 7.26. The monoisotopic (exact) mass is 505 g/mol. The van der Waals surface area contributed by atoms with Crippen molar-refractivity contribution >= 4 is 21.3 Å². The standard InChI is InChI=1S/C22H18F3N5O4S/c1-12-18(20(31)28-14-5-4-6-15(10-14)35(3,27)32)21(30-29-19(12)22(23,24)25)34-16-8-7-13(11-26)9-17(16)33-2/h4-10,27H,1-3H3,(H,28,31). The van der Waals surface area contributed by atoms with Crippen LogP contribution in [0, 0.1) is 23.0 Å². The van der Waals surface area contributed by atoms with E-state index in [-0.39, 0.29) is 27.6 Å². The van der Waals surface area contributed by atoms with Gasteiger partial charge in [0.1, 0.15) is 5.56 Å². The minimum Gasteiger partial charge on any atom is -0.493 e. The molecule has 1 heterocycles. The molecule has 3 rings (SSSR count). The molecule has 2 N–H and O–H groups in total. The molecule has 13 heteroatoms.